The Morgan fingerprint density at radius 3 is 2.16 bits per heavy atom. The lowest BCUT2D eigenvalue weighted by molar-refractivity contribution is 0.0640. The first-order valence-electron chi connectivity index (χ1n) is 13.3. The first-order chi connectivity index (χ1) is 20.6. The molecule has 0 spiro atoms. The van der Waals surface area contributed by atoms with Gasteiger partial charge < -0.3 is 9.47 Å². The van der Waals surface area contributed by atoms with Crippen LogP contribution in [-0.2, 0) is 18.6 Å². The molecule has 3 aromatic carbocycles. The number of aromatic nitrogens is 2. The Kier molecular flexibility index (Phi) is 8.88. The predicted octanol–water partition coefficient (Wildman–Crippen LogP) is 6.97. The SMILES string of the molecule is CC(C)(c1ccc(OCc2cc(CN3C(=O)c4ccccc4C3=O)nc(Cl)n2)cc1)c1cc(Cl)c(OCCCl)c(C#N)c1. The summed E-state index contributed by atoms with van der Waals surface area (Å²) in [7, 11) is 0. The molecule has 0 atom stereocenters. The van der Waals surface area contributed by atoms with Gasteiger partial charge in [-0.1, -0.05) is 49.7 Å². The van der Waals surface area contributed by atoms with E-state index in [1.165, 1.54) is 0 Å². The van der Waals surface area contributed by atoms with Crippen LogP contribution in [0.15, 0.2) is 66.7 Å². The van der Waals surface area contributed by atoms with Crippen LogP contribution in [-0.4, -0.2) is 39.2 Å². The Morgan fingerprint density at radius 2 is 1.53 bits per heavy atom. The summed E-state index contributed by atoms with van der Waals surface area (Å²) in [5.74, 6) is 0.446. The first-order valence-corrected chi connectivity index (χ1v) is 14.5. The maximum absolute atomic E-state index is 12.8. The Balaban J connectivity index is 1.28. The number of fused-ring (bicyclic) bond motifs is 1. The number of benzene rings is 3. The van der Waals surface area contributed by atoms with Crippen molar-refractivity contribution < 1.29 is 19.1 Å². The molecule has 4 aromatic rings. The highest BCUT2D eigenvalue weighted by molar-refractivity contribution is 6.32. The van der Waals surface area contributed by atoms with Crippen molar-refractivity contribution in [2.75, 3.05) is 12.5 Å². The van der Waals surface area contributed by atoms with E-state index in [2.05, 4.69) is 16.0 Å². The van der Waals surface area contributed by atoms with Crippen molar-refractivity contribution >= 4 is 46.6 Å². The van der Waals surface area contributed by atoms with Crippen molar-refractivity contribution in [3.8, 4) is 17.6 Å². The average molecular weight is 636 g/mol. The fraction of sp³-hybridized carbons (Fsp3) is 0.219. The van der Waals surface area contributed by atoms with E-state index in [1.54, 1.807) is 42.5 Å². The zero-order valence-corrected chi connectivity index (χ0v) is 25.5. The van der Waals surface area contributed by atoms with Gasteiger partial charge in [0, 0.05) is 5.41 Å². The molecule has 218 valence electrons. The van der Waals surface area contributed by atoms with E-state index in [-0.39, 0.29) is 42.7 Å². The maximum Gasteiger partial charge on any atom is 0.261 e. The van der Waals surface area contributed by atoms with Gasteiger partial charge in [0.15, 0.2) is 5.75 Å². The van der Waals surface area contributed by atoms with Crippen molar-refractivity contribution in [3.05, 3.63) is 116 Å². The van der Waals surface area contributed by atoms with Crippen LogP contribution < -0.4 is 9.47 Å². The van der Waals surface area contributed by atoms with Crippen molar-refractivity contribution in [2.24, 2.45) is 0 Å². The predicted molar refractivity (Wildman–Crippen MR) is 163 cm³/mol. The Morgan fingerprint density at radius 1 is 0.884 bits per heavy atom. The molecule has 0 unspecified atom stereocenters. The Labute approximate surface area is 263 Å². The van der Waals surface area contributed by atoms with Gasteiger partial charge in [-0.3, -0.25) is 14.5 Å². The summed E-state index contributed by atoms with van der Waals surface area (Å²) in [4.78, 5) is 35.1. The highest BCUT2D eigenvalue weighted by atomic mass is 35.5. The van der Waals surface area contributed by atoms with Crippen LogP contribution in [0.2, 0.25) is 10.3 Å². The lowest BCUT2D eigenvalue weighted by Gasteiger charge is -2.27. The third-order valence-electron chi connectivity index (χ3n) is 7.18. The van der Waals surface area contributed by atoms with E-state index in [4.69, 9.17) is 44.3 Å². The second-order valence-corrected chi connectivity index (χ2v) is 11.4. The van der Waals surface area contributed by atoms with E-state index < -0.39 is 5.41 Å². The van der Waals surface area contributed by atoms with Gasteiger partial charge in [-0.2, -0.15) is 5.26 Å². The molecular weight excluding hydrogens is 611 g/mol. The topological polar surface area (TPSA) is 105 Å². The molecule has 0 N–H and O–H groups in total. The van der Waals surface area contributed by atoms with E-state index >= 15 is 0 Å². The van der Waals surface area contributed by atoms with Crippen LogP contribution in [0.4, 0.5) is 0 Å². The number of amides is 2. The summed E-state index contributed by atoms with van der Waals surface area (Å²) in [6.07, 6.45) is 0. The zero-order valence-electron chi connectivity index (χ0n) is 23.2. The fourth-order valence-electron chi connectivity index (χ4n) is 4.83. The molecule has 2 heterocycles. The number of hydrogen-bond acceptors (Lipinski definition) is 7. The molecule has 5 rings (SSSR count). The zero-order chi connectivity index (χ0) is 30.7. The fourth-order valence-corrected chi connectivity index (χ4v) is 5.40. The first kappa shape index (κ1) is 30.3. The molecule has 11 heteroatoms. The number of halogens is 3. The van der Waals surface area contributed by atoms with E-state index in [9.17, 15) is 14.9 Å². The van der Waals surface area contributed by atoms with E-state index in [0.29, 0.717) is 44.6 Å². The van der Waals surface area contributed by atoms with Gasteiger partial charge in [0.05, 0.1) is 45.5 Å². The lowest BCUT2D eigenvalue weighted by atomic mass is 9.77. The molecule has 0 radical (unpaired) electrons. The number of carbonyl (C=O) groups excluding carboxylic acids is 2. The summed E-state index contributed by atoms with van der Waals surface area (Å²) >= 11 is 18.4. The molecule has 0 bridgehead atoms. The number of nitrogens with zero attached hydrogens (tertiary/aromatic N) is 4. The van der Waals surface area contributed by atoms with E-state index in [1.807, 2.05) is 38.1 Å². The molecule has 8 nitrogen and oxygen atoms in total. The number of nitriles is 1. The summed E-state index contributed by atoms with van der Waals surface area (Å²) in [5.41, 5.74) is 3.31. The van der Waals surface area contributed by atoms with Crippen LogP contribution in [0.25, 0.3) is 0 Å². The minimum absolute atomic E-state index is 0.0146. The molecule has 0 fully saturated rings. The number of ether oxygens (including phenoxy) is 2. The van der Waals surface area contributed by atoms with Crippen LogP contribution in [0.5, 0.6) is 11.5 Å². The maximum atomic E-state index is 12.8. The Bertz CT molecular complexity index is 1720. The highest BCUT2D eigenvalue weighted by Gasteiger charge is 2.35. The smallest absolute Gasteiger partial charge is 0.261 e. The summed E-state index contributed by atoms with van der Waals surface area (Å²) in [6.45, 7) is 4.37. The van der Waals surface area contributed by atoms with Crippen LogP contribution in [0.1, 0.15) is 62.6 Å². The summed E-state index contributed by atoms with van der Waals surface area (Å²) in [5, 5.41) is 10.0. The Hall–Kier alpha value is -4.16. The average Bonchev–Trinajstić information content (AvgIpc) is 3.23. The molecule has 1 aliphatic rings. The van der Waals surface area contributed by atoms with Gasteiger partial charge in [-0.05, 0) is 65.2 Å². The van der Waals surface area contributed by atoms with Crippen LogP contribution >= 0.6 is 34.8 Å². The molecule has 0 saturated heterocycles. The number of carbonyl (C=O) groups is 2. The quantitative estimate of drug-likeness (QED) is 0.105. The van der Waals surface area contributed by atoms with Crippen molar-refractivity contribution in [1.29, 1.82) is 5.26 Å². The molecule has 0 aliphatic carbocycles. The van der Waals surface area contributed by atoms with Crippen molar-refractivity contribution in [2.45, 2.75) is 32.4 Å². The number of alkyl halides is 1. The van der Waals surface area contributed by atoms with Crippen LogP contribution in [0, 0.1) is 11.3 Å². The van der Waals surface area contributed by atoms with Crippen LogP contribution in [0.3, 0.4) is 0 Å². The van der Waals surface area contributed by atoms with Crippen molar-refractivity contribution in [1.82, 2.24) is 14.9 Å². The number of rotatable bonds is 10. The van der Waals surface area contributed by atoms with Gasteiger partial charge >= 0.3 is 0 Å². The number of imide groups is 1. The molecule has 2 amide bonds. The van der Waals surface area contributed by atoms with Gasteiger partial charge in [-0.25, -0.2) is 9.97 Å². The molecule has 1 aliphatic heterocycles. The minimum atomic E-state index is -0.488. The molecule has 0 saturated carbocycles. The van der Waals surface area contributed by atoms with E-state index in [0.717, 1.165) is 16.0 Å². The molecule has 43 heavy (non-hydrogen) atoms. The molecular formula is C32H25Cl3N4O4. The minimum Gasteiger partial charge on any atom is -0.489 e. The highest BCUT2D eigenvalue weighted by Crippen LogP contribution is 2.38. The largest absolute Gasteiger partial charge is 0.489 e. The monoisotopic (exact) mass is 634 g/mol. The normalized spacial score (nSPS) is 12.7. The van der Waals surface area contributed by atoms with Gasteiger partial charge in [0.1, 0.15) is 25.0 Å². The second-order valence-electron chi connectivity index (χ2n) is 10.3. The number of hydrogen-bond donors (Lipinski definition) is 0. The van der Waals surface area contributed by atoms with Gasteiger partial charge in [-0.15, -0.1) is 11.6 Å². The third-order valence-corrected chi connectivity index (χ3v) is 7.78. The molecule has 1 aromatic heterocycles. The summed E-state index contributed by atoms with van der Waals surface area (Å²) < 4.78 is 11.5. The standard InChI is InChI=1S/C32H25Cl3N4O4/c1-32(2,21-13-19(16-36)28(27(34)14-21)42-12-11-33)20-7-9-24(10-8-20)43-18-23-15-22(37-31(35)38-23)17-39-29(40)25-5-3-4-6-26(25)30(39)41/h3-10,13-15H,11-12,17-18H2,1-2H3. The van der Waals surface area contributed by atoms with Gasteiger partial charge in [0.2, 0.25) is 5.28 Å². The summed E-state index contributed by atoms with van der Waals surface area (Å²) in [6, 6.07) is 21.6. The van der Waals surface area contributed by atoms with Gasteiger partial charge in [0.25, 0.3) is 11.8 Å². The second kappa shape index (κ2) is 12.6. The third kappa shape index (κ3) is 6.30. The lowest BCUT2D eigenvalue weighted by Crippen LogP contribution is -2.29. The van der Waals surface area contributed by atoms with Crippen molar-refractivity contribution in [3.63, 3.8) is 0 Å².